The number of hydrogen-bond acceptors (Lipinski definition) is 5. The SMILES string of the molecule is C=CCOC(=O)/N=C(\NC(=O)OCC=C)n1cccn1. The molecular weight excluding hydrogens is 264 g/mol. The number of amides is 2. The van der Waals surface area contributed by atoms with Crippen molar-refractivity contribution in [1.29, 1.82) is 0 Å². The van der Waals surface area contributed by atoms with Crippen LogP contribution < -0.4 is 5.32 Å². The summed E-state index contributed by atoms with van der Waals surface area (Å²) in [5.74, 6) is -0.141. The highest BCUT2D eigenvalue weighted by molar-refractivity contribution is 5.99. The van der Waals surface area contributed by atoms with Gasteiger partial charge in [0.05, 0.1) is 0 Å². The molecule has 1 heterocycles. The van der Waals surface area contributed by atoms with Crippen molar-refractivity contribution in [2.45, 2.75) is 0 Å². The normalized spacial score (nSPS) is 10.5. The van der Waals surface area contributed by atoms with E-state index < -0.39 is 12.2 Å². The van der Waals surface area contributed by atoms with Crippen molar-refractivity contribution in [3.8, 4) is 0 Å². The van der Waals surface area contributed by atoms with Crippen LogP contribution in [0.4, 0.5) is 9.59 Å². The molecule has 8 nitrogen and oxygen atoms in total. The number of carbonyl (C=O) groups is 2. The lowest BCUT2D eigenvalue weighted by Gasteiger charge is -2.08. The smallest absolute Gasteiger partial charge is 0.437 e. The van der Waals surface area contributed by atoms with Crippen molar-refractivity contribution in [2.24, 2.45) is 4.99 Å². The number of ether oxygens (including phenoxy) is 2. The largest absolute Gasteiger partial charge is 0.445 e. The molecule has 1 aromatic rings. The molecule has 20 heavy (non-hydrogen) atoms. The molecule has 0 spiro atoms. The molecule has 8 heteroatoms. The van der Waals surface area contributed by atoms with E-state index in [1.807, 2.05) is 0 Å². The Morgan fingerprint density at radius 1 is 1.30 bits per heavy atom. The van der Waals surface area contributed by atoms with Gasteiger partial charge < -0.3 is 9.47 Å². The predicted octanol–water partition coefficient (Wildman–Crippen LogP) is 1.32. The van der Waals surface area contributed by atoms with Crippen LogP contribution in [0.25, 0.3) is 0 Å². The Labute approximate surface area is 115 Å². The summed E-state index contributed by atoms with van der Waals surface area (Å²) in [4.78, 5) is 26.4. The summed E-state index contributed by atoms with van der Waals surface area (Å²) < 4.78 is 10.6. The Balaban J connectivity index is 2.78. The number of carbonyl (C=O) groups excluding carboxylic acids is 2. The molecule has 1 rings (SSSR count). The highest BCUT2D eigenvalue weighted by Gasteiger charge is 2.12. The summed E-state index contributed by atoms with van der Waals surface area (Å²) >= 11 is 0. The Morgan fingerprint density at radius 2 is 2.00 bits per heavy atom. The Bertz CT molecular complexity index is 508. The minimum atomic E-state index is -0.889. The molecule has 0 unspecified atom stereocenters. The van der Waals surface area contributed by atoms with E-state index in [-0.39, 0.29) is 19.2 Å². The van der Waals surface area contributed by atoms with Gasteiger partial charge in [-0.1, -0.05) is 25.3 Å². The number of alkyl carbamates (subject to hydrolysis) is 1. The zero-order valence-electron chi connectivity index (χ0n) is 10.7. The van der Waals surface area contributed by atoms with E-state index >= 15 is 0 Å². The zero-order valence-corrected chi connectivity index (χ0v) is 10.7. The molecule has 106 valence electrons. The molecule has 0 aliphatic rings. The first-order valence-electron chi connectivity index (χ1n) is 5.58. The molecule has 1 N–H and O–H groups in total. The average Bonchev–Trinajstić information content (AvgIpc) is 2.96. The third kappa shape index (κ3) is 5.17. The van der Waals surface area contributed by atoms with Crippen LogP contribution in [0.2, 0.25) is 0 Å². The standard InChI is InChI=1S/C12H14N4O4/c1-3-8-19-11(17)14-10(16-7-5-6-13-16)15-12(18)20-9-4-2/h3-7H,1-2,8-9H2,(H,14,15,17,18). The van der Waals surface area contributed by atoms with Crippen LogP contribution in [0, 0.1) is 0 Å². The minimum Gasteiger partial charge on any atom is -0.445 e. The fourth-order valence-corrected chi connectivity index (χ4v) is 1.04. The molecule has 0 saturated carbocycles. The topological polar surface area (TPSA) is 94.8 Å². The number of rotatable bonds is 4. The number of nitrogens with zero attached hydrogens (tertiary/aromatic N) is 3. The average molecular weight is 278 g/mol. The van der Waals surface area contributed by atoms with E-state index in [2.05, 4.69) is 33.3 Å². The first kappa shape index (κ1) is 15.2. The van der Waals surface area contributed by atoms with Crippen molar-refractivity contribution in [3.63, 3.8) is 0 Å². The van der Waals surface area contributed by atoms with Crippen molar-refractivity contribution in [3.05, 3.63) is 43.8 Å². The van der Waals surface area contributed by atoms with Gasteiger partial charge in [0.25, 0.3) is 0 Å². The van der Waals surface area contributed by atoms with Gasteiger partial charge in [-0.3, -0.25) is 5.32 Å². The molecule has 0 fully saturated rings. The lowest BCUT2D eigenvalue weighted by atomic mass is 10.7. The van der Waals surface area contributed by atoms with Crippen molar-refractivity contribution < 1.29 is 19.1 Å². The highest BCUT2D eigenvalue weighted by atomic mass is 16.6. The third-order valence-corrected chi connectivity index (χ3v) is 1.79. The molecule has 0 aromatic carbocycles. The molecule has 1 aromatic heterocycles. The Morgan fingerprint density at radius 3 is 2.60 bits per heavy atom. The number of nitrogens with one attached hydrogen (secondary N) is 1. The van der Waals surface area contributed by atoms with Gasteiger partial charge in [-0.15, -0.1) is 4.99 Å². The van der Waals surface area contributed by atoms with Crippen LogP contribution in [0.15, 0.2) is 48.8 Å². The van der Waals surface area contributed by atoms with Gasteiger partial charge in [-0.2, -0.15) is 5.10 Å². The van der Waals surface area contributed by atoms with E-state index in [1.54, 1.807) is 6.07 Å². The fourth-order valence-electron chi connectivity index (χ4n) is 1.04. The maximum absolute atomic E-state index is 11.4. The maximum atomic E-state index is 11.4. The third-order valence-electron chi connectivity index (χ3n) is 1.79. The van der Waals surface area contributed by atoms with Gasteiger partial charge in [0.1, 0.15) is 13.2 Å². The first-order chi connectivity index (χ1) is 9.67. The second-order valence-electron chi connectivity index (χ2n) is 3.26. The summed E-state index contributed by atoms with van der Waals surface area (Å²) in [7, 11) is 0. The van der Waals surface area contributed by atoms with Crippen LogP contribution in [-0.2, 0) is 9.47 Å². The second-order valence-corrected chi connectivity index (χ2v) is 3.26. The molecular formula is C12H14N4O4. The zero-order chi connectivity index (χ0) is 14.8. The maximum Gasteiger partial charge on any atom is 0.437 e. The molecule has 0 aliphatic heterocycles. The highest BCUT2D eigenvalue weighted by Crippen LogP contribution is 1.91. The van der Waals surface area contributed by atoms with Gasteiger partial charge in [-0.25, -0.2) is 14.3 Å². The lowest BCUT2D eigenvalue weighted by Crippen LogP contribution is -2.37. The molecule has 0 radical (unpaired) electrons. The summed E-state index contributed by atoms with van der Waals surface area (Å²) in [6.45, 7) is 6.85. The second kappa shape index (κ2) is 8.25. The fraction of sp³-hybridized carbons (Fsp3) is 0.167. The van der Waals surface area contributed by atoms with E-state index in [1.165, 1.54) is 29.2 Å². The van der Waals surface area contributed by atoms with Gasteiger partial charge in [0.2, 0.25) is 5.96 Å². The molecule has 0 aliphatic carbocycles. The molecule has 0 saturated heterocycles. The van der Waals surface area contributed by atoms with E-state index in [4.69, 9.17) is 4.74 Å². The number of aliphatic imine (C=N–C) groups is 1. The Kier molecular flexibility index (Phi) is 6.25. The van der Waals surface area contributed by atoms with Crippen molar-refractivity contribution in [1.82, 2.24) is 15.1 Å². The van der Waals surface area contributed by atoms with Gasteiger partial charge >= 0.3 is 12.2 Å². The molecule has 2 amide bonds. The van der Waals surface area contributed by atoms with Crippen LogP contribution in [0.1, 0.15) is 0 Å². The molecule has 0 atom stereocenters. The predicted molar refractivity (Wildman–Crippen MR) is 71.3 cm³/mol. The quantitative estimate of drug-likeness (QED) is 0.509. The monoisotopic (exact) mass is 278 g/mol. The van der Waals surface area contributed by atoms with Crippen LogP contribution >= 0.6 is 0 Å². The lowest BCUT2D eigenvalue weighted by molar-refractivity contribution is 0.163. The van der Waals surface area contributed by atoms with Gasteiger partial charge in [0, 0.05) is 12.4 Å². The molecule has 0 bridgehead atoms. The summed E-state index contributed by atoms with van der Waals surface area (Å²) in [5.41, 5.74) is 0. The summed E-state index contributed by atoms with van der Waals surface area (Å²) in [5, 5.41) is 6.13. The van der Waals surface area contributed by atoms with Crippen LogP contribution in [-0.4, -0.2) is 41.1 Å². The van der Waals surface area contributed by atoms with E-state index in [0.29, 0.717) is 0 Å². The Hall–Kier alpha value is -2.90. The minimum absolute atomic E-state index is 0.00955. The van der Waals surface area contributed by atoms with Crippen molar-refractivity contribution in [2.75, 3.05) is 13.2 Å². The summed E-state index contributed by atoms with van der Waals surface area (Å²) in [6, 6.07) is 1.60. The van der Waals surface area contributed by atoms with E-state index in [9.17, 15) is 9.59 Å². The number of hydrogen-bond donors (Lipinski definition) is 1. The number of aromatic nitrogens is 2. The van der Waals surface area contributed by atoms with Gasteiger partial charge in [0.15, 0.2) is 0 Å². The van der Waals surface area contributed by atoms with Crippen LogP contribution in [0.3, 0.4) is 0 Å². The van der Waals surface area contributed by atoms with Crippen LogP contribution in [0.5, 0.6) is 0 Å². The van der Waals surface area contributed by atoms with Crippen molar-refractivity contribution >= 4 is 18.1 Å². The summed E-state index contributed by atoms with van der Waals surface area (Å²) in [6.07, 6.45) is 4.07. The van der Waals surface area contributed by atoms with Gasteiger partial charge in [-0.05, 0) is 6.07 Å². The first-order valence-corrected chi connectivity index (χ1v) is 5.58. The van der Waals surface area contributed by atoms with E-state index in [0.717, 1.165) is 0 Å².